The molecule has 0 spiro atoms. The summed E-state index contributed by atoms with van der Waals surface area (Å²) in [5.41, 5.74) is 1.84. The molecule has 1 unspecified atom stereocenters. The molecular weight excluding hydrogens is 391 g/mol. The average molecular weight is 412 g/mol. The van der Waals surface area contributed by atoms with Crippen LogP contribution in [0.25, 0.3) is 11.0 Å². The van der Waals surface area contributed by atoms with Crippen molar-refractivity contribution in [1.82, 2.24) is 10.6 Å². The number of carbonyl (C=O) groups is 1. The smallest absolute Gasteiger partial charge is 0.222 e. The van der Waals surface area contributed by atoms with Crippen LogP contribution >= 0.6 is 22.6 Å². The van der Waals surface area contributed by atoms with Gasteiger partial charge in [0.2, 0.25) is 5.91 Å². The Labute approximate surface area is 144 Å². The Morgan fingerprint density at radius 3 is 3.00 bits per heavy atom. The fraction of sp³-hybridized carbons (Fsp3) is 0.471. The summed E-state index contributed by atoms with van der Waals surface area (Å²) in [6.07, 6.45) is 0.955. The van der Waals surface area contributed by atoms with Crippen molar-refractivity contribution in [2.45, 2.75) is 32.7 Å². The van der Waals surface area contributed by atoms with Crippen molar-refractivity contribution < 1.29 is 9.21 Å². The second-order valence-corrected chi connectivity index (χ2v) is 7.68. The molecule has 1 atom stereocenters. The first-order chi connectivity index (χ1) is 10.4. The number of amides is 1. The highest BCUT2D eigenvalue weighted by Gasteiger charge is 2.37. The Balaban J connectivity index is 1.96. The Hall–Kier alpha value is -1.08. The van der Waals surface area contributed by atoms with Gasteiger partial charge >= 0.3 is 0 Å². The summed E-state index contributed by atoms with van der Waals surface area (Å²) >= 11 is 2.30. The zero-order chi connectivity index (χ0) is 15.9. The molecule has 22 heavy (non-hydrogen) atoms. The minimum absolute atomic E-state index is 0.0103. The van der Waals surface area contributed by atoms with Gasteiger partial charge in [-0.15, -0.1) is 0 Å². The van der Waals surface area contributed by atoms with Crippen LogP contribution in [0.1, 0.15) is 32.1 Å². The molecule has 118 valence electrons. The quantitative estimate of drug-likeness (QED) is 0.762. The van der Waals surface area contributed by atoms with Crippen molar-refractivity contribution in [3.05, 3.63) is 33.1 Å². The Bertz CT molecular complexity index is 723. The zero-order valence-corrected chi connectivity index (χ0v) is 15.3. The molecule has 1 aliphatic heterocycles. The number of furan rings is 1. The lowest BCUT2D eigenvalue weighted by Crippen LogP contribution is -2.52. The van der Waals surface area contributed by atoms with E-state index in [9.17, 15) is 4.79 Å². The molecule has 5 heteroatoms. The van der Waals surface area contributed by atoms with Gasteiger partial charge in [0.25, 0.3) is 0 Å². The van der Waals surface area contributed by atoms with Crippen molar-refractivity contribution in [3.8, 4) is 0 Å². The molecule has 1 amide bonds. The van der Waals surface area contributed by atoms with Gasteiger partial charge in [-0.1, -0.05) is 13.8 Å². The SMILES string of the molecule is CC(C)C(=O)NCC1(C)NCCc2c1oc1cc(I)ccc21. The highest BCUT2D eigenvalue weighted by molar-refractivity contribution is 14.1. The first-order valence-corrected chi connectivity index (χ1v) is 8.73. The summed E-state index contributed by atoms with van der Waals surface area (Å²) in [4.78, 5) is 11.9. The lowest BCUT2D eigenvalue weighted by molar-refractivity contribution is -0.124. The molecule has 0 bridgehead atoms. The molecule has 2 heterocycles. The number of nitrogens with one attached hydrogen (secondary N) is 2. The second kappa shape index (κ2) is 5.85. The number of carbonyl (C=O) groups excluding carboxylic acids is 1. The van der Waals surface area contributed by atoms with Crippen molar-refractivity contribution in [3.63, 3.8) is 0 Å². The largest absolute Gasteiger partial charge is 0.459 e. The van der Waals surface area contributed by atoms with Crippen molar-refractivity contribution >= 4 is 39.5 Å². The molecule has 3 rings (SSSR count). The van der Waals surface area contributed by atoms with Crippen LogP contribution in [-0.4, -0.2) is 19.0 Å². The maximum Gasteiger partial charge on any atom is 0.222 e. The lowest BCUT2D eigenvalue weighted by Gasteiger charge is -2.34. The Morgan fingerprint density at radius 1 is 1.50 bits per heavy atom. The van der Waals surface area contributed by atoms with Crippen LogP contribution in [0.2, 0.25) is 0 Å². The maximum absolute atomic E-state index is 11.9. The third-order valence-corrected chi connectivity index (χ3v) is 4.96. The van der Waals surface area contributed by atoms with Crippen LogP contribution in [-0.2, 0) is 16.8 Å². The van der Waals surface area contributed by atoms with Crippen molar-refractivity contribution in [2.24, 2.45) is 5.92 Å². The summed E-state index contributed by atoms with van der Waals surface area (Å²) in [7, 11) is 0. The third-order valence-electron chi connectivity index (χ3n) is 4.29. The molecule has 2 N–H and O–H groups in total. The van der Waals surface area contributed by atoms with Crippen LogP contribution in [0.4, 0.5) is 0 Å². The molecule has 0 aliphatic carbocycles. The molecule has 4 nitrogen and oxygen atoms in total. The fourth-order valence-corrected chi connectivity index (χ4v) is 3.43. The topological polar surface area (TPSA) is 54.3 Å². The summed E-state index contributed by atoms with van der Waals surface area (Å²) in [5.74, 6) is 1.02. The van der Waals surface area contributed by atoms with Crippen LogP contribution in [0.15, 0.2) is 22.6 Å². The minimum atomic E-state index is -0.359. The maximum atomic E-state index is 11.9. The normalized spacial score (nSPS) is 21.1. The first kappa shape index (κ1) is 15.8. The minimum Gasteiger partial charge on any atom is -0.459 e. The fourth-order valence-electron chi connectivity index (χ4n) is 2.97. The molecule has 1 aromatic carbocycles. The van der Waals surface area contributed by atoms with Crippen LogP contribution < -0.4 is 10.6 Å². The molecule has 0 radical (unpaired) electrons. The van der Waals surface area contributed by atoms with Gasteiger partial charge in [0, 0.05) is 33.5 Å². The van der Waals surface area contributed by atoms with Gasteiger partial charge in [-0.3, -0.25) is 4.79 Å². The van der Waals surface area contributed by atoms with Crippen LogP contribution in [0.5, 0.6) is 0 Å². The predicted molar refractivity (Wildman–Crippen MR) is 95.8 cm³/mol. The van der Waals surface area contributed by atoms with E-state index in [1.807, 2.05) is 13.8 Å². The molecule has 0 fully saturated rings. The second-order valence-electron chi connectivity index (χ2n) is 6.43. The summed E-state index contributed by atoms with van der Waals surface area (Å²) < 4.78 is 7.33. The van der Waals surface area contributed by atoms with Gasteiger partial charge in [0.1, 0.15) is 11.3 Å². The van der Waals surface area contributed by atoms with Crippen LogP contribution in [0, 0.1) is 9.49 Å². The van der Waals surface area contributed by atoms with E-state index in [1.54, 1.807) is 0 Å². The van der Waals surface area contributed by atoms with Gasteiger partial charge in [-0.25, -0.2) is 0 Å². The summed E-state index contributed by atoms with van der Waals surface area (Å²) in [6, 6.07) is 6.32. The number of fused-ring (bicyclic) bond motifs is 3. The molecule has 2 aromatic rings. The van der Waals surface area contributed by atoms with E-state index in [0.717, 1.165) is 24.3 Å². The van der Waals surface area contributed by atoms with Gasteiger partial charge < -0.3 is 15.1 Å². The van der Waals surface area contributed by atoms with E-state index < -0.39 is 0 Å². The van der Waals surface area contributed by atoms with Gasteiger partial charge in [-0.2, -0.15) is 0 Å². The van der Waals surface area contributed by atoms with Crippen molar-refractivity contribution in [1.29, 1.82) is 0 Å². The predicted octanol–water partition coefficient (Wildman–Crippen LogP) is 3.17. The lowest BCUT2D eigenvalue weighted by atomic mass is 9.89. The molecular formula is C17H21IN2O2. The van der Waals surface area contributed by atoms with E-state index in [0.29, 0.717) is 6.54 Å². The molecule has 1 aromatic heterocycles. The van der Waals surface area contributed by atoms with E-state index in [-0.39, 0.29) is 17.4 Å². The Kier molecular flexibility index (Phi) is 4.20. The highest BCUT2D eigenvalue weighted by Crippen LogP contribution is 2.36. The molecule has 0 saturated carbocycles. The number of hydrogen-bond donors (Lipinski definition) is 2. The van der Waals surface area contributed by atoms with E-state index in [2.05, 4.69) is 58.3 Å². The van der Waals surface area contributed by atoms with Gasteiger partial charge in [0.05, 0.1) is 5.54 Å². The number of halogens is 1. The number of rotatable bonds is 3. The van der Waals surface area contributed by atoms with E-state index >= 15 is 0 Å². The molecule has 0 saturated heterocycles. The van der Waals surface area contributed by atoms with Gasteiger partial charge in [0.15, 0.2) is 0 Å². The summed E-state index contributed by atoms with van der Waals surface area (Å²) in [6.45, 7) is 7.33. The Morgan fingerprint density at radius 2 is 2.27 bits per heavy atom. The van der Waals surface area contributed by atoms with E-state index in [4.69, 9.17) is 4.42 Å². The molecule has 1 aliphatic rings. The zero-order valence-electron chi connectivity index (χ0n) is 13.1. The first-order valence-electron chi connectivity index (χ1n) is 7.65. The van der Waals surface area contributed by atoms with Gasteiger partial charge in [-0.05, 0) is 54.1 Å². The van der Waals surface area contributed by atoms with E-state index in [1.165, 1.54) is 14.5 Å². The van der Waals surface area contributed by atoms with Crippen LogP contribution in [0.3, 0.4) is 0 Å². The number of benzene rings is 1. The average Bonchev–Trinajstić information content (AvgIpc) is 2.84. The third kappa shape index (κ3) is 2.76. The highest BCUT2D eigenvalue weighted by atomic mass is 127. The standard InChI is InChI=1S/C17H21IN2O2/c1-10(2)16(21)19-9-17(3)15-13(6-7-20-17)12-5-4-11(18)8-14(12)22-15/h4-5,8,10,20H,6-7,9H2,1-3H3,(H,19,21). The number of hydrogen-bond acceptors (Lipinski definition) is 3. The van der Waals surface area contributed by atoms with Crippen molar-refractivity contribution in [2.75, 3.05) is 13.1 Å². The monoisotopic (exact) mass is 412 g/mol. The summed E-state index contributed by atoms with van der Waals surface area (Å²) in [5, 5.41) is 7.73.